The minimum absolute atomic E-state index is 0.110. The third kappa shape index (κ3) is 5.10. The lowest BCUT2D eigenvalue weighted by atomic mass is 10.1. The molecule has 0 heterocycles. The summed E-state index contributed by atoms with van der Waals surface area (Å²) in [4.78, 5) is 22.2. The normalized spacial score (nSPS) is 10.1. The van der Waals surface area contributed by atoms with Crippen LogP contribution in [-0.4, -0.2) is 23.7 Å². The number of carbonyl (C=O) groups excluding carboxylic acids is 1. The van der Waals surface area contributed by atoms with Gasteiger partial charge >= 0.3 is 12.1 Å². The number of rotatable bonds is 6. The summed E-state index contributed by atoms with van der Waals surface area (Å²) in [6.07, 6.45) is -0.344. The van der Waals surface area contributed by atoms with Crippen LogP contribution >= 0.6 is 0 Å². The van der Waals surface area contributed by atoms with E-state index in [0.29, 0.717) is 5.56 Å². The summed E-state index contributed by atoms with van der Waals surface area (Å²) < 4.78 is 18.7. The smallest absolute Gasteiger partial charge is 0.407 e. The molecule has 2 N–H and O–H groups in total. The van der Waals surface area contributed by atoms with Crippen molar-refractivity contribution in [2.45, 2.75) is 13.0 Å². The Hall–Kier alpha value is -2.89. The van der Waals surface area contributed by atoms with Crippen LogP contribution in [0.25, 0.3) is 0 Å². The molecule has 5 nitrogen and oxygen atoms in total. The lowest BCUT2D eigenvalue weighted by Gasteiger charge is -2.08. The van der Waals surface area contributed by atoms with Crippen LogP contribution < -0.4 is 5.32 Å². The van der Waals surface area contributed by atoms with Crippen LogP contribution in [0.5, 0.6) is 0 Å². The van der Waals surface area contributed by atoms with Crippen LogP contribution in [0.1, 0.15) is 21.5 Å². The highest BCUT2D eigenvalue weighted by atomic mass is 19.1. The van der Waals surface area contributed by atoms with Crippen LogP contribution in [0, 0.1) is 5.82 Å². The first kappa shape index (κ1) is 16.5. The van der Waals surface area contributed by atoms with Crippen LogP contribution in [-0.2, 0) is 17.8 Å². The number of nitrogens with one attached hydrogen (secondary N) is 1. The van der Waals surface area contributed by atoms with Crippen molar-refractivity contribution >= 4 is 12.1 Å². The van der Waals surface area contributed by atoms with Gasteiger partial charge in [0.05, 0.1) is 5.56 Å². The van der Waals surface area contributed by atoms with Gasteiger partial charge in [0.2, 0.25) is 0 Å². The Labute approximate surface area is 132 Å². The highest BCUT2D eigenvalue weighted by Crippen LogP contribution is 2.11. The van der Waals surface area contributed by atoms with Crippen molar-refractivity contribution in [2.24, 2.45) is 0 Å². The zero-order valence-corrected chi connectivity index (χ0v) is 12.3. The first-order valence-electron chi connectivity index (χ1n) is 7.02. The Kier molecular flexibility index (Phi) is 5.68. The van der Waals surface area contributed by atoms with Crippen molar-refractivity contribution in [1.82, 2.24) is 5.32 Å². The van der Waals surface area contributed by atoms with Gasteiger partial charge in [-0.2, -0.15) is 0 Å². The molecule has 0 spiro atoms. The fraction of sp³-hybridized carbons (Fsp3) is 0.176. The van der Waals surface area contributed by atoms with E-state index in [4.69, 9.17) is 9.84 Å². The summed E-state index contributed by atoms with van der Waals surface area (Å²) in [5.74, 6) is -1.79. The summed E-state index contributed by atoms with van der Waals surface area (Å²) >= 11 is 0. The minimum atomic E-state index is -1.18. The predicted octanol–water partition coefficient (Wildman–Crippen LogP) is 2.99. The first-order valence-corrected chi connectivity index (χ1v) is 7.02. The molecule has 1 amide bonds. The molecule has 23 heavy (non-hydrogen) atoms. The predicted molar refractivity (Wildman–Crippen MR) is 81.7 cm³/mol. The van der Waals surface area contributed by atoms with Crippen molar-refractivity contribution in [3.63, 3.8) is 0 Å². The SMILES string of the molecule is O=C(NCCc1ccc(C(=O)O)cc1F)OCc1ccccc1. The molecular formula is C17H16FNO4. The van der Waals surface area contributed by atoms with Gasteiger partial charge in [0.15, 0.2) is 0 Å². The number of benzene rings is 2. The van der Waals surface area contributed by atoms with Crippen LogP contribution in [0.15, 0.2) is 48.5 Å². The number of alkyl carbamates (subject to hydrolysis) is 1. The van der Waals surface area contributed by atoms with Gasteiger partial charge in [-0.15, -0.1) is 0 Å². The molecule has 120 valence electrons. The lowest BCUT2D eigenvalue weighted by molar-refractivity contribution is 0.0696. The monoisotopic (exact) mass is 317 g/mol. The van der Waals surface area contributed by atoms with E-state index >= 15 is 0 Å². The largest absolute Gasteiger partial charge is 0.478 e. The molecule has 0 saturated carbocycles. The summed E-state index contributed by atoms with van der Waals surface area (Å²) in [6, 6.07) is 12.9. The second kappa shape index (κ2) is 7.93. The van der Waals surface area contributed by atoms with Gasteiger partial charge in [0, 0.05) is 6.54 Å². The molecule has 6 heteroatoms. The molecule has 0 bridgehead atoms. The Balaban J connectivity index is 1.76. The van der Waals surface area contributed by atoms with E-state index < -0.39 is 17.9 Å². The average molecular weight is 317 g/mol. The van der Waals surface area contributed by atoms with Crippen LogP contribution in [0.2, 0.25) is 0 Å². The first-order chi connectivity index (χ1) is 11.1. The third-order valence-electron chi connectivity index (χ3n) is 3.18. The molecule has 0 aliphatic heterocycles. The number of carbonyl (C=O) groups is 2. The van der Waals surface area contributed by atoms with Gasteiger partial charge in [0.25, 0.3) is 0 Å². The van der Waals surface area contributed by atoms with Crippen molar-refractivity contribution in [1.29, 1.82) is 0 Å². The van der Waals surface area contributed by atoms with E-state index in [1.807, 2.05) is 30.3 Å². The summed E-state index contributed by atoms with van der Waals surface area (Å²) in [5, 5.41) is 11.3. The molecule has 0 atom stereocenters. The maximum Gasteiger partial charge on any atom is 0.407 e. The number of amides is 1. The van der Waals surface area contributed by atoms with Crippen molar-refractivity contribution in [2.75, 3.05) is 6.54 Å². The minimum Gasteiger partial charge on any atom is -0.478 e. The van der Waals surface area contributed by atoms with Crippen LogP contribution in [0.4, 0.5) is 9.18 Å². The van der Waals surface area contributed by atoms with E-state index in [1.54, 1.807) is 0 Å². The molecule has 2 rings (SSSR count). The standard InChI is InChI=1S/C17H16FNO4/c18-15-10-14(16(20)21)7-6-13(15)8-9-19-17(22)23-11-12-4-2-1-3-5-12/h1-7,10H,8-9,11H2,(H,19,22)(H,20,21). The van der Waals surface area contributed by atoms with Crippen molar-refractivity contribution in [3.8, 4) is 0 Å². The zero-order valence-electron chi connectivity index (χ0n) is 12.3. The molecule has 0 fully saturated rings. The number of hydrogen-bond donors (Lipinski definition) is 2. The highest BCUT2D eigenvalue weighted by molar-refractivity contribution is 5.87. The Morgan fingerprint density at radius 2 is 1.87 bits per heavy atom. The number of halogens is 1. The molecule has 2 aromatic carbocycles. The van der Waals surface area contributed by atoms with Gasteiger partial charge in [-0.05, 0) is 29.7 Å². The van der Waals surface area contributed by atoms with Crippen molar-refractivity contribution < 1.29 is 23.8 Å². The molecular weight excluding hydrogens is 301 g/mol. The highest BCUT2D eigenvalue weighted by Gasteiger charge is 2.09. The zero-order chi connectivity index (χ0) is 16.7. The van der Waals surface area contributed by atoms with E-state index in [1.165, 1.54) is 12.1 Å². The summed E-state index contributed by atoms with van der Waals surface area (Å²) in [7, 11) is 0. The Bertz CT molecular complexity index is 688. The van der Waals surface area contributed by atoms with Gasteiger partial charge in [-0.1, -0.05) is 36.4 Å². The molecule has 0 saturated heterocycles. The van der Waals surface area contributed by atoms with E-state index in [-0.39, 0.29) is 25.1 Å². The topological polar surface area (TPSA) is 75.6 Å². The molecule has 0 aliphatic rings. The number of ether oxygens (including phenoxy) is 1. The van der Waals surface area contributed by atoms with Crippen LogP contribution in [0.3, 0.4) is 0 Å². The second-order valence-corrected chi connectivity index (χ2v) is 4.85. The number of hydrogen-bond acceptors (Lipinski definition) is 3. The molecule has 0 aliphatic carbocycles. The van der Waals surface area contributed by atoms with Gasteiger partial charge < -0.3 is 15.2 Å². The van der Waals surface area contributed by atoms with Crippen molar-refractivity contribution in [3.05, 3.63) is 71.0 Å². The molecule has 0 unspecified atom stereocenters. The van der Waals surface area contributed by atoms with E-state index in [0.717, 1.165) is 11.6 Å². The lowest BCUT2D eigenvalue weighted by Crippen LogP contribution is -2.26. The number of aromatic carboxylic acids is 1. The number of carboxylic acids is 1. The second-order valence-electron chi connectivity index (χ2n) is 4.85. The number of carboxylic acid groups (broad SMARTS) is 1. The summed E-state index contributed by atoms with van der Waals surface area (Å²) in [5.41, 5.74) is 1.10. The maximum absolute atomic E-state index is 13.7. The Morgan fingerprint density at radius 3 is 2.52 bits per heavy atom. The van der Waals surface area contributed by atoms with Gasteiger partial charge in [-0.25, -0.2) is 14.0 Å². The fourth-order valence-electron chi connectivity index (χ4n) is 1.96. The molecule has 2 aromatic rings. The summed E-state index contributed by atoms with van der Waals surface area (Å²) in [6.45, 7) is 0.352. The average Bonchev–Trinajstić information content (AvgIpc) is 2.55. The Morgan fingerprint density at radius 1 is 1.13 bits per heavy atom. The van der Waals surface area contributed by atoms with E-state index in [9.17, 15) is 14.0 Å². The van der Waals surface area contributed by atoms with Gasteiger partial charge in [-0.3, -0.25) is 0 Å². The molecule has 0 aromatic heterocycles. The van der Waals surface area contributed by atoms with Gasteiger partial charge in [0.1, 0.15) is 12.4 Å². The third-order valence-corrected chi connectivity index (χ3v) is 3.18. The quantitative estimate of drug-likeness (QED) is 0.859. The van der Waals surface area contributed by atoms with E-state index in [2.05, 4.69) is 5.32 Å². The molecule has 0 radical (unpaired) electrons. The maximum atomic E-state index is 13.7. The fourth-order valence-corrected chi connectivity index (χ4v) is 1.96.